The normalized spacial score (nSPS) is 12.6. The summed E-state index contributed by atoms with van der Waals surface area (Å²) in [6, 6.07) is 9.46. The maximum Gasteiger partial charge on any atom is 0.254 e. The summed E-state index contributed by atoms with van der Waals surface area (Å²) in [5.74, 6) is 0.0871. The number of pyridine rings is 1. The number of aryl methyl sites for hydroxylation is 3. The summed E-state index contributed by atoms with van der Waals surface area (Å²) in [5.41, 5.74) is 4.25. The van der Waals surface area contributed by atoms with Crippen LogP contribution in [0.1, 0.15) is 33.5 Å². The zero-order valence-electron chi connectivity index (χ0n) is 14.0. The summed E-state index contributed by atoms with van der Waals surface area (Å²) in [4.78, 5) is 30.2. The molecule has 0 atom stereocenters. The van der Waals surface area contributed by atoms with Crippen LogP contribution in [-0.4, -0.2) is 35.3 Å². The van der Waals surface area contributed by atoms with Gasteiger partial charge in [-0.05, 0) is 61.1 Å². The Hall–Kier alpha value is -2.69. The first-order valence-electron chi connectivity index (χ1n) is 8.13. The second kappa shape index (κ2) is 6.83. The van der Waals surface area contributed by atoms with Crippen molar-refractivity contribution in [3.8, 4) is 0 Å². The average Bonchev–Trinajstić information content (AvgIpc) is 3.03. The molecule has 1 N–H and O–H groups in total. The van der Waals surface area contributed by atoms with Gasteiger partial charge in [-0.2, -0.15) is 0 Å². The Morgan fingerprint density at radius 2 is 1.96 bits per heavy atom. The zero-order chi connectivity index (χ0) is 17.1. The summed E-state index contributed by atoms with van der Waals surface area (Å²) in [6.07, 6.45) is 4.95. The molecule has 1 aromatic heterocycles. The minimum Gasteiger partial charge on any atom is -0.332 e. The Labute approximate surface area is 141 Å². The molecule has 5 heteroatoms. The number of hydrogen-bond donors (Lipinski definition) is 1. The minimum absolute atomic E-state index is 0.00846. The monoisotopic (exact) mass is 323 g/mol. The van der Waals surface area contributed by atoms with Crippen LogP contribution in [0.4, 0.5) is 5.82 Å². The molecule has 0 radical (unpaired) electrons. The quantitative estimate of drug-likeness (QED) is 0.941. The largest absolute Gasteiger partial charge is 0.332 e. The van der Waals surface area contributed by atoms with E-state index in [-0.39, 0.29) is 18.4 Å². The summed E-state index contributed by atoms with van der Waals surface area (Å²) in [6.45, 7) is 1.92. The maximum absolute atomic E-state index is 12.5. The van der Waals surface area contributed by atoms with Gasteiger partial charge in [0.05, 0.1) is 6.54 Å². The molecule has 0 unspecified atom stereocenters. The van der Waals surface area contributed by atoms with Crippen molar-refractivity contribution in [2.45, 2.75) is 26.2 Å². The smallest absolute Gasteiger partial charge is 0.254 e. The number of anilines is 1. The number of carbonyl (C=O) groups excluding carboxylic acids is 2. The molecule has 124 valence electrons. The van der Waals surface area contributed by atoms with Gasteiger partial charge in [0.15, 0.2) is 0 Å². The van der Waals surface area contributed by atoms with Crippen molar-refractivity contribution in [2.24, 2.45) is 0 Å². The van der Waals surface area contributed by atoms with Gasteiger partial charge < -0.3 is 10.2 Å². The number of nitrogens with one attached hydrogen (secondary N) is 1. The molecule has 0 fully saturated rings. The van der Waals surface area contributed by atoms with Crippen LogP contribution in [0.25, 0.3) is 0 Å². The lowest BCUT2D eigenvalue weighted by molar-refractivity contribution is -0.116. The van der Waals surface area contributed by atoms with Crippen LogP contribution in [0, 0.1) is 6.92 Å². The van der Waals surface area contributed by atoms with E-state index in [4.69, 9.17) is 0 Å². The van der Waals surface area contributed by atoms with Gasteiger partial charge in [-0.1, -0.05) is 12.1 Å². The Bertz CT molecular complexity index is 769. The van der Waals surface area contributed by atoms with Gasteiger partial charge in [0.2, 0.25) is 5.91 Å². The Balaban J connectivity index is 1.61. The molecule has 24 heavy (non-hydrogen) atoms. The van der Waals surface area contributed by atoms with E-state index in [9.17, 15) is 9.59 Å². The lowest BCUT2D eigenvalue weighted by Gasteiger charge is -2.17. The van der Waals surface area contributed by atoms with Crippen LogP contribution in [0.3, 0.4) is 0 Å². The highest BCUT2D eigenvalue weighted by Crippen LogP contribution is 2.23. The van der Waals surface area contributed by atoms with Crippen molar-refractivity contribution in [3.05, 3.63) is 58.8 Å². The highest BCUT2D eigenvalue weighted by Gasteiger charge is 2.18. The van der Waals surface area contributed by atoms with Gasteiger partial charge in [0.1, 0.15) is 5.82 Å². The highest BCUT2D eigenvalue weighted by atomic mass is 16.2. The number of fused-ring (bicyclic) bond motifs is 1. The number of nitrogens with zero attached hydrogens (tertiary/aromatic N) is 2. The first-order chi connectivity index (χ1) is 11.5. The van der Waals surface area contributed by atoms with Crippen molar-refractivity contribution in [1.29, 1.82) is 0 Å². The van der Waals surface area contributed by atoms with Crippen LogP contribution >= 0.6 is 0 Å². The molecule has 1 heterocycles. The molecule has 0 spiro atoms. The minimum atomic E-state index is -0.261. The van der Waals surface area contributed by atoms with E-state index in [1.54, 1.807) is 19.3 Å². The van der Waals surface area contributed by atoms with Crippen LogP contribution in [0.5, 0.6) is 0 Å². The van der Waals surface area contributed by atoms with E-state index < -0.39 is 0 Å². The summed E-state index contributed by atoms with van der Waals surface area (Å²) in [5, 5.41) is 2.70. The van der Waals surface area contributed by atoms with Gasteiger partial charge in [-0.25, -0.2) is 4.98 Å². The number of hydrogen-bond acceptors (Lipinski definition) is 3. The van der Waals surface area contributed by atoms with E-state index in [0.29, 0.717) is 11.4 Å². The van der Waals surface area contributed by atoms with Gasteiger partial charge in [0, 0.05) is 18.8 Å². The Morgan fingerprint density at radius 3 is 2.71 bits per heavy atom. The van der Waals surface area contributed by atoms with Crippen LogP contribution in [0.15, 0.2) is 36.5 Å². The van der Waals surface area contributed by atoms with E-state index in [0.717, 1.165) is 24.8 Å². The van der Waals surface area contributed by atoms with Crippen molar-refractivity contribution >= 4 is 17.6 Å². The molecule has 0 saturated heterocycles. The Kier molecular flexibility index (Phi) is 4.60. The first-order valence-corrected chi connectivity index (χ1v) is 8.13. The molecule has 1 aromatic carbocycles. The second-order valence-corrected chi connectivity index (χ2v) is 6.27. The molecule has 5 nitrogen and oxygen atoms in total. The molecular formula is C19H21N3O2. The Morgan fingerprint density at radius 1 is 1.17 bits per heavy atom. The zero-order valence-corrected chi connectivity index (χ0v) is 14.0. The van der Waals surface area contributed by atoms with E-state index in [2.05, 4.69) is 10.3 Å². The molecule has 2 aromatic rings. The lowest BCUT2D eigenvalue weighted by Crippen LogP contribution is -2.35. The van der Waals surface area contributed by atoms with Crippen LogP contribution in [-0.2, 0) is 17.6 Å². The summed E-state index contributed by atoms with van der Waals surface area (Å²) in [7, 11) is 1.64. The summed E-state index contributed by atoms with van der Waals surface area (Å²) < 4.78 is 0. The van der Waals surface area contributed by atoms with E-state index in [1.807, 2.05) is 31.2 Å². The van der Waals surface area contributed by atoms with E-state index >= 15 is 0 Å². The van der Waals surface area contributed by atoms with Gasteiger partial charge in [-0.3, -0.25) is 9.59 Å². The number of amides is 2. The number of rotatable bonds is 4. The summed E-state index contributed by atoms with van der Waals surface area (Å²) >= 11 is 0. The fourth-order valence-corrected chi connectivity index (χ4v) is 2.94. The van der Waals surface area contributed by atoms with Crippen LogP contribution < -0.4 is 5.32 Å². The van der Waals surface area contributed by atoms with Crippen LogP contribution in [0.2, 0.25) is 0 Å². The van der Waals surface area contributed by atoms with Crippen molar-refractivity contribution < 1.29 is 9.59 Å². The predicted molar refractivity (Wildman–Crippen MR) is 93.0 cm³/mol. The molecule has 0 aliphatic heterocycles. The molecular weight excluding hydrogens is 302 g/mol. The molecule has 0 bridgehead atoms. The average molecular weight is 323 g/mol. The van der Waals surface area contributed by atoms with E-state index in [1.165, 1.54) is 16.0 Å². The maximum atomic E-state index is 12.5. The number of aromatic nitrogens is 1. The fourth-order valence-electron chi connectivity index (χ4n) is 2.94. The molecule has 1 aliphatic rings. The fraction of sp³-hybridized carbons (Fsp3) is 0.316. The lowest BCUT2D eigenvalue weighted by atomic mass is 10.1. The van der Waals surface area contributed by atoms with Crippen molar-refractivity contribution in [1.82, 2.24) is 9.88 Å². The number of benzene rings is 1. The third-order valence-electron chi connectivity index (χ3n) is 4.25. The molecule has 1 aliphatic carbocycles. The van der Waals surface area contributed by atoms with Crippen molar-refractivity contribution in [2.75, 3.05) is 18.9 Å². The van der Waals surface area contributed by atoms with Gasteiger partial charge >= 0.3 is 0 Å². The number of likely N-dealkylation sites (N-methyl/N-ethyl adjacent to an activating group) is 1. The SMILES string of the molecule is Cc1ccc(NC(=O)CN(C)C(=O)c2ccc3c(c2)CCC3)nc1. The standard InChI is InChI=1S/C19H21N3O2/c1-13-6-9-17(20-11-13)21-18(23)12-22(2)19(24)16-8-7-14-4-3-5-15(14)10-16/h6-11H,3-5,12H2,1-2H3,(H,20,21,23). The predicted octanol–water partition coefficient (Wildman–Crippen LogP) is 2.59. The third kappa shape index (κ3) is 3.62. The van der Waals surface area contributed by atoms with Gasteiger partial charge in [-0.15, -0.1) is 0 Å². The topological polar surface area (TPSA) is 62.3 Å². The second-order valence-electron chi connectivity index (χ2n) is 6.27. The highest BCUT2D eigenvalue weighted by molar-refractivity contribution is 5.99. The van der Waals surface area contributed by atoms with Gasteiger partial charge in [0.25, 0.3) is 5.91 Å². The van der Waals surface area contributed by atoms with Crippen molar-refractivity contribution in [3.63, 3.8) is 0 Å². The molecule has 3 rings (SSSR count). The molecule has 2 amide bonds. The number of carbonyl (C=O) groups is 2. The third-order valence-corrected chi connectivity index (χ3v) is 4.25. The first kappa shape index (κ1) is 16.2. The molecule has 0 saturated carbocycles.